The maximum atomic E-state index is 12.0. The molecule has 0 aliphatic heterocycles. The summed E-state index contributed by atoms with van der Waals surface area (Å²) in [6.45, 7) is 12.2. The summed E-state index contributed by atoms with van der Waals surface area (Å²) >= 11 is 0. The Morgan fingerprint density at radius 3 is 1.36 bits per heavy atom. The normalized spacial score (nSPS) is 13.1. The topological polar surface area (TPSA) is 46.2 Å². The molecule has 1 N–H and O–H groups in total. The minimum Gasteiger partial charge on any atom is -0.346 e. The Bertz CT molecular complexity index is 690. The van der Waals surface area contributed by atoms with E-state index in [1.807, 2.05) is 6.08 Å². The summed E-state index contributed by atoms with van der Waals surface area (Å²) < 4.78 is 0. The van der Waals surface area contributed by atoms with Gasteiger partial charge in [-0.3, -0.25) is 9.59 Å². The van der Waals surface area contributed by atoms with Gasteiger partial charge < -0.3 is 5.32 Å². The Morgan fingerprint density at radius 1 is 0.639 bits per heavy atom. The van der Waals surface area contributed by atoms with Crippen LogP contribution in [0, 0.1) is 5.92 Å². The van der Waals surface area contributed by atoms with E-state index in [0.29, 0.717) is 25.2 Å². The fourth-order valence-electron chi connectivity index (χ4n) is 2.92. The molecule has 204 valence electrons. The first-order chi connectivity index (χ1) is 17.4. The highest BCUT2D eigenvalue weighted by molar-refractivity contribution is 5.87. The first kappa shape index (κ1) is 35.7. The van der Waals surface area contributed by atoms with Crippen LogP contribution in [0.1, 0.15) is 112 Å². The van der Waals surface area contributed by atoms with Crippen molar-refractivity contribution in [1.29, 1.82) is 0 Å². The van der Waals surface area contributed by atoms with Crippen LogP contribution < -0.4 is 5.32 Å². The molecule has 0 aromatic heterocycles. The van der Waals surface area contributed by atoms with Gasteiger partial charge in [0.15, 0.2) is 5.78 Å². The second-order valence-corrected chi connectivity index (χ2v) is 9.31. The van der Waals surface area contributed by atoms with Crippen molar-refractivity contribution in [2.75, 3.05) is 0 Å². The summed E-state index contributed by atoms with van der Waals surface area (Å²) in [6, 6.07) is -0.354. The molecule has 0 bridgehead atoms. The van der Waals surface area contributed by atoms with Crippen molar-refractivity contribution in [1.82, 2.24) is 5.32 Å². The van der Waals surface area contributed by atoms with Crippen LogP contribution in [0.4, 0.5) is 0 Å². The number of nitrogens with one attached hydrogen (secondary N) is 1. The van der Waals surface area contributed by atoms with Crippen LogP contribution in [0.15, 0.2) is 72.9 Å². The average molecular weight is 498 g/mol. The van der Waals surface area contributed by atoms with Gasteiger partial charge >= 0.3 is 0 Å². The molecule has 0 radical (unpaired) electrons. The molecule has 0 saturated heterocycles. The SMILES string of the molecule is CC/C=C\C/C=C\C/C=C\C/C=C\C/C=C\C/C=C\CCC(=O)NC(CC(C)C)C(C)=O.CCCC. The Hall–Kier alpha value is -2.42. The Balaban J connectivity index is 0. The minimum atomic E-state index is -0.354. The molecule has 0 aliphatic rings. The van der Waals surface area contributed by atoms with Gasteiger partial charge in [-0.1, -0.05) is 120 Å². The Labute approximate surface area is 223 Å². The smallest absolute Gasteiger partial charge is 0.220 e. The van der Waals surface area contributed by atoms with E-state index >= 15 is 0 Å². The largest absolute Gasteiger partial charge is 0.346 e. The van der Waals surface area contributed by atoms with Crippen molar-refractivity contribution >= 4 is 11.7 Å². The molecule has 1 unspecified atom stereocenters. The average Bonchev–Trinajstić information content (AvgIpc) is 2.84. The predicted octanol–water partition coefficient (Wildman–Crippen LogP) is 9.39. The molecule has 0 spiro atoms. The number of hydrogen-bond donors (Lipinski definition) is 1. The second-order valence-electron chi connectivity index (χ2n) is 9.31. The number of ketones is 1. The van der Waals surface area contributed by atoms with Crippen molar-refractivity contribution in [3.8, 4) is 0 Å². The zero-order valence-corrected chi connectivity index (χ0v) is 24.2. The standard InChI is InChI=1S/C29H45NO2.C4H10/c1-5-6-7-8-9-10-11-12-13-14-15-16-17-18-19-20-21-22-23-24-29(32)30-28(27(4)31)25-26(2)3;1-3-4-2/h6-7,9-10,12-13,15-16,18-19,21-22,26,28H,5,8,11,14,17,20,23-25H2,1-4H3,(H,30,32);3-4H2,1-2H3/b7-6-,10-9-,13-12-,16-15-,19-18-,22-21-;. The molecule has 1 atom stereocenters. The number of rotatable bonds is 19. The molecule has 0 aliphatic carbocycles. The van der Waals surface area contributed by atoms with Crippen molar-refractivity contribution in [2.24, 2.45) is 5.92 Å². The summed E-state index contributed by atoms with van der Waals surface area (Å²) in [5.74, 6) is 0.360. The van der Waals surface area contributed by atoms with Gasteiger partial charge in [0.05, 0.1) is 6.04 Å². The molecule has 0 aromatic carbocycles. The van der Waals surface area contributed by atoms with E-state index in [1.54, 1.807) is 6.92 Å². The van der Waals surface area contributed by atoms with Crippen LogP contribution in [0.2, 0.25) is 0 Å². The van der Waals surface area contributed by atoms with Crippen LogP contribution in [0.25, 0.3) is 0 Å². The van der Waals surface area contributed by atoms with Crippen LogP contribution in [0.3, 0.4) is 0 Å². The number of unbranched alkanes of at least 4 members (excludes halogenated alkanes) is 1. The number of allylic oxidation sites excluding steroid dienone is 12. The van der Waals surface area contributed by atoms with Crippen LogP contribution in [-0.4, -0.2) is 17.7 Å². The molecule has 1 amide bonds. The van der Waals surface area contributed by atoms with Gasteiger partial charge in [-0.15, -0.1) is 0 Å². The molecular formula is C33H55NO2. The van der Waals surface area contributed by atoms with Crippen LogP contribution in [-0.2, 0) is 9.59 Å². The minimum absolute atomic E-state index is 0.0287. The quantitative estimate of drug-likeness (QED) is 0.181. The second kappa shape index (κ2) is 28.8. The summed E-state index contributed by atoms with van der Waals surface area (Å²) in [6.07, 6.45) is 36.4. The van der Waals surface area contributed by atoms with E-state index in [0.717, 1.165) is 38.5 Å². The summed E-state index contributed by atoms with van der Waals surface area (Å²) in [4.78, 5) is 23.6. The lowest BCUT2D eigenvalue weighted by Gasteiger charge is -2.17. The first-order valence-corrected chi connectivity index (χ1v) is 14.1. The molecule has 0 heterocycles. The lowest BCUT2D eigenvalue weighted by atomic mass is 10.0. The molecule has 36 heavy (non-hydrogen) atoms. The summed E-state index contributed by atoms with van der Waals surface area (Å²) in [5.41, 5.74) is 0. The van der Waals surface area contributed by atoms with Gasteiger partial charge in [0.2, 0.25) is 5.91 Å². The lowest BCUT2D eigenvalue weighted by molar-refractivity contribution is -0.127. The lowest BCUT2D eigenvalue weighted by Crippen LogP contribution is -2.40. The van der Waals surface area contributed by atoms with Crippen molar-refractivity contribution in [3.05, 3.63) is 72.9 Å². The number of hydrogen-bond acceptors (Lipinski definition) is 2. The van der Waals surface area contributed by atoms with E-state index in [-0.39, 0.29) is 17.7 Å². The van der Waals surface area contributed by atoms with Crippen LogP contribution >= 0.6 is 0 Å². The molecule has 3 heteroatoms. The van der Waals surface area contributed by atoms with Crippen LogP contribution in [0.5, 0.6) is 0 Å². The molecule has 0 saturated carbocycles. The van der Waals surface area contributed by atoms with Gasteiger partial charge in [0.1, 0.15) is 0 Å². The van der Waals surface area contributed by atoms with E-state index in [1.165, 1.54) is 12.8 Å². The number of carbonyl (C=O) groups excluding carboxylic acids is 2. The fraction of sp³-hybridized carbons (Fsp3) is 0.576. The summed E-state index contributed by atoms with van der Waals surface area (Å²) in [7, 11) is 0. The molecule has 0 aromatic rings. The monoisotopic (exact) mass is 497 g/mol. The van der Waals surface area contributed by atoms with E-state index in [9.17, 15) is 9.59 Å². The Kier molecular flexibility index (Phi) is 28.6. The van der Waals surface area contributed by atoms with Crippen molar-refractivity contribution < 1.29 is 9.59 Å². The van der Waals surface area contributed by atoms with E-state index in [4.69, 9.17) is 0 Å². The zero-order valence-electron chi connectivity index (χ0n) is 24.2. The van der Waals surface area contributed by atoms with E-state index < -0.39 is 0 Å². The van der Waals surface area contributed by atoms with Crippen molar-refractivity contribution in [2.45, 2.75) is 118 Å². The molecule has 3 nitrogen and oxygen atoms in total. The first-order valence-electron chi connectivity index (χ1n) is 14.1. The van der Waals surface area contributed by atoms with Gasteiger partial charge in [0, 0.05) is 6.42 Å². The van der Waals surface area contributed by atoms with Gasteiger partial charge in [0.25, 0.3) is 0 Å². The fourth-order valence-corrected chi connectivity index (χ4v) is 2.92. The Morgan fingerprint density at radius 2 is 1.03 bits per heavy atom. The zero-order chi connectivity index (χ0) is 27.3. The molecular weight excluding hydrogens is 442 g/mol. The third-order valence-electron chi connectivity index (χ3n) is 5.17. The summed E-state index contributed by atoms with van der Waals surface area (Å²) in [5, 5.41) is 2.85. The number of Topliss-reactive ketones (excluding diaryl/α,β-unsaturated/α-hetero) is 1. The number of amides is 1. The van der Waals surface area contributed by atoms with Gasteiger partial charge in [-0.05, 0) is 64.2 Å². The highest BCUT2D eigenvalue weighted by Gasteiger charge is 2.17. The number of carbonyl (C=O) groups is 2. The van der Waals surface area contributed by atoms with Crippen molar-refractivity contribution in [3.63, 3.8) is 0 Å². The predicted molar refractivity (Wildman–Crippen MR) is 160 cm³/mol. The molecule has 0 rings (SSSR count). The maximum Gasteiger partial charge on any atom is 0.220 e. The third kappa shape index (κ3) is 29.6. The third-order valence-corrected chi connectivity index (χ3v) is 5.17. The van der Waals surface area contributed by atoms with Gasteiger partial charge in [-0.2, -0.15) is 0 Å². The van der Waals surface area contributed by atoms with E-state index in [2.05, 4.69) is 107 Å². The maximum absolute atomic E-state index is 12.0. The highest BCUT2D eigenvalue weighted by Crippen LogP contribution is 2.06. The highest BCUT2D eigenvalue weighted by atomic mass is 16.2. The van der Waals surface area contributed by atoms with Gasteiger partial charge in [-0.25, -0.2) is 0 Å². The molecule has 0 fully saturated rings.